The molecule has 0 spiro atoms. The van der Waals surface area contributed by atoms with E-state index in [0.29, 0.717) is 48.0 Å². The van der Waals surface area contributed by atoms with E-state index in [0.717, 1.165) is 42.5 Å². The molecular formula is C36H35Br2N3O4. The minimum Gasteiger partial charge on any atom is -0.494 e. The van der Waals surface area contributed by atoms with E-state index in [4.69, 9.17) is 24.3 Å². The molecule has 0 aliphatic heterocycles. The van der Waals surface area contributed by atoms with Crippen LogP contribution < -0.4 is 19.8 Å². The number of hydrogen-bond donors (Lipinski definition) is 0. The van der Waals surface area contributed by atoms with Gasteiger partial charge < -0.3 is 14.2 Å². The van der Waals surface area contributed by atoms with Crippen LogP contribution in [-0.4, -0.2) is 29.1 Å². The lowest BCUT2D eigenvalue weighted by Gasteiger charge is -2.18. The number of halogens is 2. The molecule has 0 radical (unpaired) electrons. The van der Waals surface area contributed by atoms with Gasteiger partial charge in [0.1, 0.15) is 12.4 Å². The van der Waals surface area contributed by atoms with E-state index in [-0.39, 0.29) is 11.5 Å². The van der Waals surface area contributed by atoms with E-state index in [9.17, 15) is 4.79 Å². The standard InChI is InChI=1S/C36H35Br2N3O4/c1-6-43-33-16-23(5)29(19-28(33)22(3)4)35-40-31-11-9-8-10-27(31)36(42)41(35)39-20-24-12-15-32(34(17-24)44-7-2)45-21-25-13-14-26(37)18-30(25)38/h8-20,22H,6-7,21H2,1-5H3. The van der Waals surface area contributed by atoms with Gasteiger partial charge in [0.15, 0.2) is 17.3 Å². The van der Waals surface area contributed by atoms with Crippen LogP contribution >= 0.6 is 31.9 Å². The number of rotatable bonds is 11. The van der Waals surface area contributed by atoms with Crippen molar-refractivity contribution in [1.29, 1.82) is 0 Å². The summed E-state index contributed by atoms with van der Waals surface area (Å²) in [6.45, 7) is 11.5. The predicted molar refractivity (Wildman–Crippen MR) is 188 cm³/mol. The van der Waals surface area contributed by atoms with Gasteiger partial charge in [-0.1, -0.05) is 63.9 Å². The van der Waals surface area contributed by atoms with E-state index in [1.54, 1.807) is 12.3 Å². The highest BCUT2D eigenvalue weighted by atomic mass is 79.9. The summed E-state index contributed by atoms with van der Waals surface area (Å²) in [7, 11) is 0. The number of ether oxygens (including phenoxy) is 3. The van der Waals surface area contributed by atoms with Crippen LogP contribution in [0.3, 0.4) is 0 Å². The minimum absolute atomic E-state index is 0.206. The molecule has 1 aromatic heterocycles. The second-order valence-corrected chi connectivity index (χ2v) is 12.5. The third-order valence-corrected chi connectivity index (χ3v) is 8.49. The Kier molecular flexibility index (Phi) is 10.4. The van der Waals surface area contributed by atoms with Crippen molar-refractivity contribution in [3.8, 4) is 28.6 Å². The summed E-state index contributed by atoms with van der Waals surface area (Å²) in [6.07, 6.45) is 1.65. The molecule has 0 saturated carbocycles. The third kappa shape index (κ3) is 7.31. The van der Waals surface area contributed by atoms with E-state index < -0.39 is 0 Å². The van der Waals surface area contributed by atoms with Gasteiger partial charge in [-0.3, -0.25) is 4.79 Å². The summed E-state index contributed by atoms with van der Waals surface area (Å²) in [5.74, 6) is 2.70. The zero-order chi connectivity index (χ0) is 32.1. The van der Waals surface area contributed by atoms with Crippen molar-refractivity contribution in [1.82, 2.24) is 9.66 Å². The van der Waals surface area contributed by atoms with Crippen LogP contribution in [0.5, 0.6) is 17.2 Å². The molecule has 5 aromatic rings. The molecule has 4 aromatic carbocycles. The fourth-order valence-corrected chi connectivity index (χ4v) is 6.15. The van der Waals surface area contributed by atoms with E-state index in [1.165, 1.54) is 4.68 Å². The van der Waals surface area contributed by atoms with Crippen LogP contribution in [0.15, 0.2) is 91.6 Å². The second-order valence-electron chi connectivity index (χ2n) is 10.8. The first-order chi connectivity index (χ1) is 21.7. The molecule has 9 heteroatoms. The Hall–Kier alpha value is -3.95. The quantitative estimate of drug-likeness (QED) is 0.127. The summed E-state index contributed by atoms with van der Waals surface area (Å²) in [6, 6.07) is 23.0. The molecule has 0 fully saturated rings. The number of benzene rings is 4. The number of aryl methyl sites for hydroxylation is 1. The maximum absolute atomic E-state index is 13.9. The monoisotopic (exact) mass is 731 g/mol. The van der Waals surface area contributed by atoms with Gasteiger partial charge in [0.05, 0.1) is 30.3 Å². The fraction of sp³-hybridized carbons (Fsp3) is 0.250. The lowest BCUT2D eigenvalue weighted by Crippen LogP contribution is -2.21. The van der Waals surface area contributed by atoms with Gasteiger partial charge in [0, 0.05) is 20.1 Å². The Labute approximate surface area is 280 Å². The van der Waals surface area contributed by atoms with E-state index in [1.807, 2.05) is 81.4 Å². The maximum atomic E-state index is 13.9. The number of fused-ring (bicyclic) bond motifs is 1. The average molecular weight is 734 g/mol. The summed E-state index contributed by atoms with van der Waals surface area (Å²) in [5.41, 5.74) is 4.91. The van der Waals surface area contributed by atoms with Crippen molar-refractivity contribution in [2.24, 2.45) is 5.10 Å². The molecule has 0 aliphatic rings. The molecule has 232 valence electrons. The molecular weight excluding hydrogens is 698 g/mol. The molecule has 5 rings (SSSR count). The van der Waals surface area contributed by atoms with E-state index in [2.05, 4.69) is 51.8 Å². The molecule has 0 saturated heterocycles. The SMILES string of the molecule is CCOc1cc(C=Nn2c(-c3cc(C(C)C)c(OCC)cc3C)nc3ccccc3c2=O)ccc1OCc1ccc(Br)cc1Br. The molecule has 1 heterocycles. The number of aromatic nitrogens is 2. The number of hydrogen-bond acceptors (Lipinski definition) is 6. The molecule has 0 unspecified atom stereocenters. The van der Waals surface area contributed by atoms with Gasteiger partial charge in [-0.2, -0.15) is 9.78 Å². The highest BCUT2D eigenvalue weighted by Gasteiger charge is 2.19. The Bertz CT molecular complexity index is 1930. The molecule has 0 amide bonds. The fourth-order valence-electron chi connectivity index (χ4n) is 4.99. The first kappa shape index (κ1) is 32.4. The van der Waals surface area contributed by atoms with Crippen molar-refractivity contribution in [3.63, 3.8) is 0 Å². The Morgan fingerprint density at radius 2 is 1.64 bits per heavy atom. The Balaban J connectivity index is 1.56. The molecule has 7 nitrogen and oxygen atoms in total. The van der Waals surface area contributed by atoms with Crippen molar-refractivity contribution in [3.05, 3.63) is 114 Å². The zero-order valence-electron chi connectivity index (χ0n) is 25.9. The molecule has 45 heavy (non-hydrogen) atoms. The average Bonchev–Trinajstić information content (AvgIpc) is 3.01. The van der Waals surface area contributed by atoms with Gasteiger partial charge in [-0.25, -0.2) is 4.98 Å². The van der Waals surface area contributed by atoms with Crippen molar-refractivity contribution >= 4 is 49.0 Å². The van der Waals surface area contributed by atoms with Crippen LogP contribution in [0, 0.1) is 6.92 Å². The largest absolute Gasteiger partial charge is 0.494 e. The van der Waals surface area contributed by atoms with Gasteiger partial charge in [0.25, 0.3) is 5.56 Å². The van der Waals surface area contributed by atoms with Crippen molar-refractivity contribution in [2.45, 2.75) is 47.1 Å². The Morgan fingerprint density at radius 1 is 0.889 bits per heavy atom. The molecule has 0 N–H and O–H groups in total. The third-order valence-electron chi connectivity index (χ3n) is 7.26. The highest BCUT2D eigenvalue weighted by molar-refractivity contribution is 9.11. The number of nitrogens with zero attached hydrogens (tertiary/aromatic N) is 3. The van der Waals surface area contributed by atoms with E-state index >= 15 is 0 Å². The van der Waals surface area contributed by atoms with Gasteiger partial charge >= 0.3 is 0 Å². The lowest BCUT2D eigenvalue weighted by molar-refractivity contribution is 0.269. The topological polar surface area (TPSA) is 74.9 Å². The summed E-state index contributed by atoms with van der Waals surface area (Å²) < 4.78 is 21.3. The van der Waals surface area contributed by atoms with Gasteiger partial charge in [-0.05, 0) is 98.0 Å². The maximum Gasteiger partial charge on any atom is 0.282 e. The lowest BCUT2D eigenvalue weighted by atomic mass is 9.96. The van der Waals surface area contributed by atoms with Crippen LogP contribution in [0.25, 0.3) is 22.3 Å². The summed E-state index contributed by atoms with van der Waals surface area (Å²) >= 11 is 7.08. The zero-order valence-corrected chi connectivity index (χ0v) is 29.1. The molecule has 0 bridgehead atoms. The highest BCUT2D eigenvalue weighted by Crippen LogP contribution is 2.35. The van der Waals surface area contributed by atoms with Crippen LogP contribution in [0.4, 0.5) is 0 Å². The first-order valence-electron chi connectivity index (χ1n) is 14.9. The smallest absolute Gasteiger partial charge is 0.282 e. The Morgan fingerprint density at radius 3 is 2.38 bits per heavy atom. The minimum atomic E-state index is -0.253. The number of para-hydroxylation sites is 1. The van der Waals surface area contributed by atoms with Crippen LogP contribution in [0.2, 0.25) is 0 Å². The molecule has 0 atom stereocenters. The van der Waals surface area contributed by atoms with Crippen LogP contribution in [-0.2, 0) is 6.61 Å². The van der Waals surface area contributed by atoms with Crippen molar-refractivity contribution in [2.75, 3.05) is 13.2 Å². The first-order valence-corrected chi connectivity index (χ1v) is 16.5. The molecule has 0 aliphatic carbocycles. The predicted octanol–water partition coefficient (Wildman–Crippen LogP) is 9.28. The normalized spacial score (nSPS) is 11.5. The van der Waals surface area contributed by atoms with Crippen molar-refractivity contribution < 1.29 is 14.2 Å². The summed E-state index contributed by atoms with van der Waals surface area (Å²) in [5, 5.41) is 5.19. The summed E-state index contributed by atoms with van der Waals surface area (Å²) in [4.78, 5) is 18.8. The van der Waals surface area contributed by atoms with Gasteiger partial charge in [-0.15, -0.1) is 0 Å². The second kappa shape index (κ2) is 14.4. The van der Waals surface area contributed by atoms with Gasteiger partial charge in [0.2, 0.25) is 0 Å². The van der Waals surface area contributed by atoms with Crippen LogP contribution in [0.1, 0.15) is 55.9 Å².